The number of furan rings is 1. The van der Waals surface area contributed by atoms with E-state index in [9.17, 15) is 9.59 Å². The first-order valence-corrected chi connectivity index (χ1v) is 11.3. The number of hydrogen-bond donors (Lipinski definition) is 1. The first-order chi connectivity index (χ1) is 15.1. The number of aryl methyl sites for hydroxylation is 1. The molecule has 3 aromatic rings. The maximum atomic E-state index is 12.6. The molecule has 2 amide bonds. The van der Waals surface area contributed by atoms with E-state index in [4.69, 9.17) is 4.42 Å². The summed E-state index contributed by atoms with van der Waals surface area (Å²) in [7, 11) is 0. The summed E-state index contributed by atoms with van der Waals surface area (Å²) in [6.45, 7) is 3.48. The second-order valence-electron chi connectivity index (χ2n) is 7.58. The summed E-state index contributed by atoms with van der Waals surface area (Å²) < 4.78 is 5.80. The minimum Gasteiger partial charge on any atom is -0.458 e. The maximum Gasteiger partial charge on any atom is 0.246 e. The van der Waals surface area contributed by atoms with Crippen molar-refractivity contribution in [2.24, 2.45) is 5.92 Å². The van der Waals surface area contributed by atoms with Crippen molar-refractivity contribution in [2.45, 2.75) is 26.3 Å². The second-order valence-corrected chi connectivity index (χ2v) is 8.64. The van der Waals surface area contributed by atoms with E-state index in [0.29, 0.717) is 44.0 Å². The first-order valence-electron chi connectivity index (χ1n) is 10.4. The molecule has 1 fully saturated rings. The Morgan fingerprint density at radius 1 is 1.19 bits per heavy atom. The smallest absolute Gasteiger partial charge is 0.246 e. The van der Waals surface area contributed by atoms with Gasteiger partial charge in [0.05, 0.1) is 11.6 Å². The molecule has 1 aliphatic heterocycles. The number of thiazole rings is 1. The summed E-state index contributed by atoms with van der Waals surface area (Å²) in [6, 6.07) is 13.5. The Labute approximate surface area is 185 Å². The van der Waals surface area contributed by atoms with Crippen LogP contribution in [-0.4, -0.2) is 34.8 Å². The van der Waals surface area contributed by atoms with Crippen LogP contribution in [0.15, 0.2) is 58.3 Å². The third kappa shape index (κ3) is 5.49. The molecule has 0 spiro atoms. The number of likely N-dealkylation sites (tertiary alicyclic amines) is 1. The van der Waals surface area contributed by atoms with E-state index >= 15 is 0 Å². The molecule has 0 unspecified atom stereocenters. The molecule has 0 saturated carbocycles. The molecule has 31 heavy (non-hydrogen) atoms. The molecule has 0 radical (unpaired) electrons. The van der Waals surface area contributed by atoms with Gasteiger partial charge in [-0.1, -0.05) is 30.3 Å². The number of rotatable bonds is 6. The molecule has 1 saturated heterocycles. The zero-order chi connectivity index (χ0) is 21.6. The van der Waals surface area contributed by atoms with Gasteiger partial charge in [-0.25, -0.2) is 4.98 Å². The Morgan fingerprint density at radius 3 is 2.68 bits per heavy atom. The number of nitrogens with one attached hydrogen (secondary N) is 1. The lowest BCUT2D eigenvalue weighted by Crippen LogP contribution is -2.42. The van der Waals surface area contributed by atoms with Crippen molar-refractivity contribution in [3.8, 4) is 11.5 Å². The van der Waals surface area contributed by atoms with E-state index in [-0.39, 0.29) is 17.7 Å². The van der Waals surface area contributed by atoms with Gasteiger partial charge in [0.15, 0.2) is 5.76 Å². The minimum absolute atomic E-state index is 0.00868. The van der Waals surface area contributed by atoms with E-state index in [1.807, 2.05) is 60.8 Å². The van der Waals surface area contributed by atoms with E-state index < -0.39 is 0 Å². The van der Waals surface area contributed by atoms with Crippen LogP contribution < -0.4 is 5.32 Å². The summed E-state index contributed by atoms with van der Waals surface area (Å²) in [6.07, 6.45) is 4.76. The van der Waals surface area contributed by atoms with Crippen molar-refractivity contribution >= 4 is 29.2 Å². The largest absolute Gasteiger partial charge is 0.458 e. The van der Waals surface area contributed by atoms with Gasteiger partial charge in [-0.3, -0.25) is 9.59 Å². The molecule has 6 nitrogen and oxygen atoms in total. The molecule has 4 rings (SSSR count). The van der Waals surface area contributed by atoms with Gasteiger partial charge in [0, 0.05) is 30.5 Å². The van der Waals surface area contributed by atoms with Crippen molar-refractivity contribution < 1.29 is 14.0 Å². The number of carbonyl (C=O) groups excluding carboxylic acids is 2. The van der Waals surface area contributed by atoms with Crippen LogP contribution in [0.3, 0.4) is 0 Å². The lowest BCUT2D eigenvalue weighted by atomic mass is 9.96. The predicted octanol–water partition coefficient (Wildman–Crippen LogP) is 4.28. The monoisotopic (exact) mass is 435 g/mol. The molecule has 2 aromatic heterocycles. The lowest BCUT2D eigenvalue weighted by Gasteiger charge is -2.30. The van der Waals surface area contributed by atoms with Crippen LogP contribution >= 0.6 is 11.3 Å². The third-order valence-electron chi connectivity index (χ3n) is 5.37. The highest BCUT2D eigenvalue weighted by atomic mass is 32.1. The van der Waals surface area contributed by atoms with Crippen molar-refractivity contribution in [3.05, 3.63) is 70.3 Å². The van der Waals surface area contributed by atoms with Crippen LogP contribution in [-0.2, 0) is 16.1 Å². The van der Waals surface area contributed by atoms with Crippen molar-refractivity contribution in [1.82, 2.24) is 15.2 Å². The molecule has 160 valence electrons. The van der Waals surface area contributed by atoms with E-state index in [1.165, 1.54) is 0 Å². The average Bonchev–Trinajstić information content (AvgIpc) is 3.45. The highest BCUT2D eigenvalue weighted by Gasteiger charge is 2.26. The van der Waals surface area contributed by atoms with Gasteiger partial charge >= 0.3 is 0 Å². The summed E-state index contributed by atoms with van der Waals surface area (Å²) in [5.74, 6) is 1.33. The molecule has 3 heterocycles. The van der Waals surface area contributed by atoms with Crippen LogP contribution in [0.1, 0.15) is 29.2 Å². The van der Waals surface area contributed by atoms with Crippen molar-refractivity contribution in [1.29, 1.82) is 0 Å². The fourth-order valence-corrected chi connectivity index (χ4v) is 4.21. The van der Waals surface area contributed by atoms with Gasteiger partial charge < -0.3 is 14.6 Å². The molecule has 0 aliphatic carbocycles. The van der Waals surface area contributed by atoms with Crippen LogP contribution in [0, 0.1) is 12.8 Å². The summed E-state index contributed by atoms with van der Waals surface area (Å²) in [5.41, 5.74) is 1.81. The number of benzene rings is 1. The fourth-order valence-electron chi connectivity index (χ4n) is 3.60. The topological polar surface area (TPSA) is 75.4 Å². The Balaban J connectivity index is 1.23. The zero-order valence-electron chi connectivity index (χ0n) is 17.4. The Bertz CT molecular complexity index is 1060. The van der Waals surface area contributed by atoms with Crippen LogP contribution in [0.2, 0.25) is 0 Å². The SMILES string of the molecule is Cc1nc(-c2ccc(CNC(=O)C3CCN(C(=O)/C=C/c4ccccc4)CC3)o2)cs1. The normalized spacial score (nSPS) is 14.8. The molecule has 7 heteroatoms. The van der Waals surface area contributed by atoms with E-state index in [0.717, 1.165) is 16.3 Å². The predicted molar refractivity (Wildman–Crippen MR) is 121 cm³/mol. The van der Waals surface area contributed by atoms with Gasteiger partial charge in [0.2, 0.25) is 11.8 Å². The zero-order valence-corrected chi connectivity index (χ0v) is 18.2. The van der Waals surface area contributed by atoms with E-state index in [2.05, 4.69) is 10.3 Å². The third-order valence-corrected chi connectivity index (χ3v) is 6.14. The minimum atomic E-state index is -0.0854. The Morgan fingerprint density at radius 2 is 1.97 bits per heavy atom. The molecule has 1 aliphatic rings. The first kappa shape index (κ1) is 21.1. The summed E-state index contributed by atoms with van der Waals surface area (Å²) in [5, 5.41) is 5.91. The number of amides is 2. The highest BCUT2D eigenvalue weighted by molar-refractivity contribution is 7.09. The lowest BCUT2D eigenvalue weighted by molar-refractivity contribution is -0.132. The maximum absolute atomic E-state index is 12.6. The Hall–Kier alpha value is -3.19. The average molecular weight is 436 g/mol. The Kier molecular flexibility index (Phi) is 6.62. The molecular formula is C24H25N3O3S. The molecule has 1 aromatic carbocycles. The van der Waals surface area contributed by atoms with Gasteiger partial charge in [-0.2, -0.15) is 0 Å². The van der Waals surface area contributed by atoms with E-state index in [1.54, 1.807) is 22.3 Å². The molecule has 0 atom stereocenters. The summed E-state index contributed by atoms with van der Waals surface area (Å²) in [4.78, 5) is 31.2. The fraction of sp³-hybridized carbons (Fsp3) is 0.292. The van der Waals surface area contributed by atoms with Gasteiger partial charge in [0.1, 0.15) is 11.5 Å². The quantitative estimate of drug-likeness (QED) is 0.587. The molecule has 0 bridgehead atoms. The van der Waals surface area contributed by atoms with Crippen molar-refractivity contribution in [3.63, 3.8) is 0 Å². The van der Waals surface area contributed by atoms with Crippen LogP contribution in [0.4, 0.5) is 0 Å². The van der Waals surface area contributed by atoms with Gasteiger partial charge in [-0.15, -0.1) is 11.3 Å². The van der Waals surface area contributed by atoms with Gasteiger partial charge in [-0.05, 0) is 43.5 Å². The standard InChI is InChI=1S/C24H25N3O3S/c1-17-26-21(16-31-17)22-9-8-20(30-22)15-25-24(29)19-11-13-27(14-12-19)23(28)10-7-18-5-3-2-4-6-18/h2-10,16,19H,11-15H2,1H3,(H,25,29)/b10-7+. The summed E-state index contributed by atoms with van der Waals surface area (Å²) >= 11 is 1.58. The highest BCUT2D eigenvalue weighted by Crippen LogP contribution is 2.24. The number of aromatic nitrogens is 1. The van der Waals surface area contributed by atoms with Crippen molar-refractivity contribution in [2.75, 3.05) is 13.1 Å². The number of piperidine rings is 1. The second kappa shape index (κ2) is 9.75. The number of nitrogens with zero attached hydrogens (tertiary/aromatic N) is 2. The van der Waals surface area contributed by atoms with Crippen LogP contribution in [0.25, 0.3) is 17.5 Å². The van der Waals surface area contributed by atoms with Gasteiger partial charge in [0.25, 0.3) is 0 Å². The molecular weight excluding hydrogens is 410 g/mol. The molecule has 1 N–H and O–H groups in total. The number of hydrogen-bond acceptors (Lipinski definition) is 5. The number of carbonyl (C=O) groups is 2. The van der Waals surface area contributed by atoms with Crippen LogP contribution in [0.5, 0.6) is 0 Å².